The van der Waals surface area contributed by atoms with Crippen molar-refractivity contribution in [1.82, 2.24) is 0 Å². The first kappa shape index (κ1) is 12.0. The van der Waals surface area contributed by atoms with Gasteiger partial charge in [-0.1, -0.05) is 24.6 Å². The van der Waals surface area contributed by atoms with E-state index in [1.54, 1.807) is 0 Å². The summed E-state index contributed by atoms with van der Waals surface area (Å²) in [5.74, 6) is 3.52. The van der Waals surface area contributed by atoms with E-state index in [9.17, 15) is 5.11 Å². The van der Waals surface area contributed by atoms with Gasteiger partial charge in [0.2, 0.25) is 0 Å². The molecular formula is C16H22O2. The lowest BCUT2D eigenvalue weighted by Crippen LogP contribution is -2.19. The monoisotopic (exact) mass is 246 g/mol. The van der Waals surface area contributed by atoms with Gasteiger partial charge in [-0.25, -0.2) is 0 Å². The van der Waals surface area contributed by atoms with E-state index in [0.29, 0.717) is 0 Å². The van der Waals surface area contributed by atoms with Crippen LogP contribution in [0.15, 0.2) is 18.2 Å². The summed E-state index contributed by atoms with van der Waals surface area (Å²) in [5, 5.41) is 9.36. The molecule has 3 rings (SSSR count). The van der Waals surface area contributed by atoms with Crippen LogP contribution in [0, 0.1) is 24.7 Å². The van der Waals surface area contributed by atoms with Gasteiger partial charge in [-0.3, -0.25) is 0 Å². The third-order valence-electron chi connectivity index (χ3n) is 4.79. The number of hydrogen-bond acceptors (Lipinski definition) is 2. The van der Waals surface area contributed by atoms with E-state index in [4.69, 9.17) is 4.74 Å². The largest absolute Gasteiger partial charge is 0.493 e. The molecule has 0 amide bonds. The summed E-state index contributed by atoms with van der Waals surface area (Å²) in [4.78, 5) is 0. The average Bonchev–Trinajstić information content (AvgIpc) is 2.99. The fourth-order valence-corrected chi connectivity index (χ4v) is 3.82. The van der Waals surface area contributed by atoms with E-state index in [1.165, 1.54) is 25.7 Å². The van der Waals surface area contributed by atoms with Gasteiger partial charge in [0.25, 0.3) is 0 Å². The summed E-state index contributed by atoms with van der Waals surface area (Å²) in [5.41, 5.74) is 2.04. The molecular weight excluding hydrogens is 224 g/mol. The molecule has 0 spiro atoms. The quantitative estimate of drug-likeness (QED) is 0.883. The topological polar surface area (TPSA) is 29.5 Å². The van der Waals surface area contributed by atoms with Crippen LogP contribution in [0.2, 0.25) is 0 Å². The van der Waals surface area contributed by atoms with Crippen molar-refractivity contribution in [1.29, 1.82) is 0 Å². The Morgan fingerprint density at radius 1 is 1.28 bits per heavy atom. The Bertz CT molecular complexity index is 427. The molecule has 2 nitrogen and oxygen atoms in total. The Morgan fingerprint density at radius 2 is 2.17 bits per heavy atom. The summed E-state index contributed by atoms with van der Waals surface area (Å²) in [6.07, 6.45) is 5.62. The van der Waals surface area contributed by atoms with E-state index < -0.39 is 0 Å². The van der Waals surface area contributed by atoms with Crippen molar-refractivity contribution in [2.45, 2.75) is 39.2 Å². The second-order valence-electron chi connectivity index (χ2n) is 5.97. The van der Waals surface area contributed by atoms with Crippen LogP contribution in [-0.2, 0) is 6.61 Å². The minimum atomic E-state index is 0.0632. The number of para-hydroxylation sites is 1. The number of aliphatic hydroxyl groups is 1. The first-order valence-corrected chi connectivity index (χ1v) is 7.10. The highest BCUT2D eigenvalue weighted by Gasteiger charge is 2.39. The van der Waals surface area contributed by atoms with E-state index in [2.05, 4.69) is 13.0 Å². The standard InChI is InChI=1S/C16H22O2/c1-11-3-2-4-14(9-17)16(11)18-10-15-8-12-5-6-13(15)7-12/h2-4,12-13,15,17H,5-10H2,1H3. The molecule has 2 fully saturated rings. The fourth-order valence-electron chi connectivity index (χ4n) is 3.82. The number of ether oxygens (including phenoxy) is 1. The zero-order valence-corrected chi connectivity index (χ0v) is 11.1. The van der Waals surface area contributed by atoms with Crippen LogP contribution in [0.4, 0.5) is 0 Å². The minimum absolute atomic E-state index is 0.0632. The molecule has 0 heterocycles. The van der Waals surface area contributed by atoms with Gasteiger partial charge in [0.15, 0.2) is 0 Å². The maximum Gasteiger partial charge on any atom is 0.127 e. The predicted molar refractivity (Wildman–Crippen MR) is 71.5 cm³/mol. The van der Waals surface area contributed by atoms with Crippen LogP contribution in [0.1, 0.15) is 36.8 Å². The summed E-state index contributed by atoms with van der Waals surface area (Å²) in [6.45, 7) is 2.95. The van der Waals surface area contributed by atoms with E-state index in [1.807, 2.05) is 12.1 Å². The summed E-state index contributed by atoms with van der Waals surface area (Å²) in [6, 6.07) is 5.98. The minimum Gasteiger partial charge on any atom is -0.493 e. The van der Waals surface area contributed by atoms with Crippen molar-refractivity contribution in [3.05, 3.63) is 29.3 Å². The second kappa shape index (κ2) is 4.93. The van der Waals surface area contributed by atoms with Crippen LogP contribution in [0.3, 0.4) is 0 Å². The van der Waals surface area contributed by atoms with Crippen molar-refractivity contribution in [2.75, 3.05) is 6.61 Å². The first-order chi connectivity index (χ1) is 8.78. The van der Waals surface area contributed by atoms with Crippen molar-refractivity contribution in [2.24, 2.45) is 17.8 Å². The SMILES string of the molecule is Cc1cccc(CO)c1OCC1CC2CCC1C2. The maximum absolute atomic E-state index is 9.36. The zero-order chi connectivity index (χ0) is 12.5. The van der Waals surface area contributed by atoms with Crippen molar-refractivity contribution >= 4 is 0 Å². The molecule has 3 unspecified atom stereocenters. The molecule has 2 heteroatoms. The van der Waals surface area contributed by atoms with Gasteiger partial charge in [-0.15, -0.1) is 0 Å². The predicted octanol–water partition coefficient (Wildman–Crippen LogP) is 3.30. The van der Waals surface area contributed by atoms with Gasteiger partial charge in [-0.05, 0) is 49.5 Å². The highest BCUT2D eigenvalue weighted by molar-refractivity contribution is 5.40. The molecule has 18 heavy (non-hydrogen) atoms. The smallest absolute Gasteiger partial charge is 0.127 e. The van der Waals surface area contributed by atoms with Gasteiger partial charge < -0.3 is 9.84 Å². The normalized spacial score (nSPS) is 29.8. The highest BCUT2D eigenvalue weighted by Crippen LogP contribution is 2.48. The van der Waals surface area contributed by atoms with Crippen molar-refractivity contribution in [3.8, 4) is 5.75 Å². The average molecular weight is 246 g/mol. The number of aliphatic hydroxyl groups excluding tert-OH is 1. The Labute approximate surface area is 109 Å². The third-order valence-corrected chi connectivity index (χ3v) is 4.79. The molecule has 2 aliphatic rings. The van der Waals surface area contributed by atoms with Gasteiger partial charge in [0.1, 0.15) is 5.75 Å². The van der Waals surface area contributed by atoms with Gasteiger partial charge >= 0.3 is 0 Å². The highest BCUT2D eigenvalue weighted by atomic mass is 16.5. The lowest BCUT2D eigenvalue weighted by atomic mass is 9.89. The van der Waals surface area contributed by atoms with E-state index in [-0.39, 0.29) is 6.61 Å². The van der Waals surface area contributed by atoms with E-state index >= 15 is 0 Å². The van der Waals surface area contributed by atoms with Crippen LogP contribution in [-0.4, -0.2) is 11.7 Å². The molecule has 98 valence electrons. The van der Waals surface area contributed by atoms with E-state index in [0.717, 1.165) is 41.2 Å². The van der Waals surface area contributed by atoms with Crippen molar-refractivity contribution < 1.29 is 9.84 Å². The second-order valence-corrected chi connectivity index (χ2v) is 5.97. The first-order valence-electron chi connectivity index (χ1n) is 7.10. The number of hydrogen-bond donors (Lipinski definition) is 1. The zero-order valence-electron chi connectivity index (χ0n) is 11.1. The molecule has 3 atom stereocenters. The number of rotatable bonds is 4. The lowest BCUT2D eigenvalue weighted by molar-refractivity contribution is 0.188. The molecule has 0 saturated heterocycles. The molecule has 2 saturated carbocycles. The lowest BCUT2D eigenvalue weighted by Gasteiger charge is -2.23. The summed E-state index contributed by atoms with van der Waals surface area (Å²) in [7, 11) is 0. The Hall–Kier alpha value is -1.02. The van der Waals surface area contributed by atoms with Crippen LogP contribution < -0.4 is 4.74 Å². The number of benzene rings is 1. The van der Waals surface area contributed by atoms with Gasteiger partial charge in [0, 0.05) is 5.56 Å². The number of fused-ring (bicyclic) bond motifs is 2. The molecule has 0 aliphatic heterocycles. The molecule has 0 aromatic heterocycles. The Morgan fingerprint density at radius 3 is 2.83 bits per heavy atom. The fraction of sp³-hybridized carbons (Fsp3) is 0.625. The van der Waals surface area contributed by atoms with Crippen LogP contribution in [0.5, 0.6) is 5.75 Å². The molecule has 2 aliphatic carbocycles. The molecule has 2 bridgehead atoms. The third kappa shape index (κ3) is 2.14. The molecule has 1 N–H and O–H groups in total. The molecule has 0 radical (unpaired) electrons. The van der Waals surface area contributed by atoms with Gasteiger partial charge in [-0.2, -0.15) is 0 Å². The maximum atomic E-state index is 9.36. The number of aryl methyl sites for hydroxylation is 1. The van der Waals surface area contributed by atoms with Crippen LogP contribution in [0.25, 0.3) is 0 Å². The molecule has 1 aromatic carbocycles. The summed E-state index contributed by atoms with van der Waals surface area (Å²) >= 11 is 0. The summed E-state index contributed by atoms with van der Waals surface area (Å²) < 4.78 is 6.04. The van der Waals surface area contributed by atoms with Crippen LogP contribution >= 0.6 is 0 Å². The van der Waals surface area contributed by atoms with Gasteiger partial charge in [0.05, 0.1) is 13.2 Å². The Kier molecular flexibility index (Phi) is 3.29. The molecule has 1 aromatic rings. The van der Waals surface area contributed by atoms with Crippen molar-refractivity contribution in [3.63, 3.8) is 0 Å². The Balaban J connectivity index is 1.66.